The minimum Gasteiger partial charge on any atom is -0.496 e. The number of anilines is 1. The molecule has 2 heterocycles. The van der Waals surface area contributed by atoms with Crippen LogP contribution in [0.5, 0.6) is 5.75 Å². The topological polar surface area (TPSA) is 121 Å². The maximum absolute atomic E-state index is 13.7. The number of benzene rings is 2. The highest BCUT2D eigenvalue weighted by Crippen LogP contribution is 2.48. The SMILES string of the molecule is COc1ccc(C)cc1[C@]1(C(=O)NS(=O)(=O)c2cccc3nc(N)ccc23)CC(C)(C)CO1. The Balaban J connectivity index is 1.80. The average Bonchev–Trinajstić information content (AvgIpc) is 3.09. The average molecular weight is 470 g/mol. The number of amides is 1. The van der Waals surface area contributed by atoms with Crippen LogP contribution in [-0.2, 0) is 25.2 Å². The number of hydrogen-bond acceptors (Lipinski definition) is 7. The zero-order valence-corrected chi connectivity index (χ0v) is 19.8. The summed E-state index contributed by atoms with van der Waals surface area (Å²) in [5, 5.41) is 0.363. The van der Waals surface area contributed by atoms with Crippen molar-refractivity contribution in [3.63, 3.8) is 0 Å². The Labute approximate surface area is 193 Å². The van der Waals surface area contributed by atoms with Crippen molar-refractivity contribution in [1.29, 1.82) is 0 Å². The highest BCUT2D eigenvalue weighted by atomic mass is 32.2. The molecule has 0 aliphatic carbocycles. The summed E-state index contributed by atoms with van der Waals surface area (Å²) >= 11 is 0. The maximum Gasteiger partial charge on any atom is 0.270 e. The van der Waals surface area contributed by atoms with Gasteiger partial charge in [-0.05, 0) is 55.2 Å². The van der Waals surface area contributed by atoms with E-state index in [-0.39, 0.29) is 29.2 Å². The lowest BCUT2D eigenvalue weighted by Gasteiger charge is -2.30. The third kappa shape index (κ3) is 4.14. The molecule has 9 heteroatoms. The van der Waals surface area contributed by atoms with E-state index in [1.165, 1.54) is 19.2 Å². The Morgan fingerprint density at radius 2 is 1.94 bits per heavy atom. The van der Waals surface area contributed by atoms with Gasteiger partial charge in [0.2, 0.25) is 0 Å². The first-order valence-corrected chi connectivity index (χ1v) is 12.0. The highest BCUT2D eigenvalue weighted by molar-refractivity contribution is 7.90. The van der Waals surface area contributed by atoms with Crippen molar-refractivity contribution in [2.45, 2.75) is 37.7 Å². The first kappa shape index (κ1) is 23.0. The first-order valence-electron chi connectivity index (χ1n) is 10.5. The van der Waals surface area contributed by atoms with Crippen LogP contribution in [0.4, 0.5) is 5.82 Å². The molecule has 0 bridgehead atoms. The smallest absolute Gasteiger partial charge is 0.270 e. The molecule has 1 amide bonds. The summed E-state index contributed by atoms with van der Waals surface area (Å²) in [5.41, 5.74) is 5.66. The van der Waals surface area contributed by atoms with Crippen LogP contribution in [0.3, 0.4) is 0 Å². The normalized spacial score (nSPS) is 20.0. The van der Waals surface area contributed by atoms with Crippen LogP contribution in [0, 0.1) is 12.3 Å². The molecule has 1 saturated heterocycles. The summed E-state index contributed by atoms with van der Waals surface area (Å²) in [6.07, 6.45) is 0.287. The molecule has 1 atom stereocenters. The summed E-state index contributed by atoms with van der Waals surface area (Å²) < 4.78 is 40.6. The number of carbonyl (C=O) groups excluding carboxylic acids is 1. The van der Waals surface area contributed by atoms with Crippen LogP contribution in [0.15, 0.2) is 53.4 Å². The van der Waals surface area contributed by atoms with E-state index in [0.717, 1.165) is 5.56 Å². The third-order valence-electron chi connectivity index (χ3n) is 5.82. The van der Waals surface area contributed by atoms with Gasteiger partial charge in [0.25, 0.3) is 15.9 Å². The van der Waals surface area contributed by atoms with E-state index >= 15 is 0 Å². The van der Waals surface area contributed by atoms with Crippen LogP contribution < -0.4 is 15.2 Å². The van der Waals surface area contributed by atoms with Crippen molar-refractivity contribution in [2.75, 3.05) is 19.5 Å². The summed E-state index contributed by atoms with van der Waals surface area (Å²) in [7, 11) is -2.75. The Bertz CT molecular complexity index is 1350. The van der Waals surface area contributed by atoms with Crippen molar-refractivity contribution in [3.8, 4) is 5.75 Å². The minimum atomic E-state index is -4.25. The van der Waals surface area contributed by atoms with Gasteiger partial charge in [-0.25, -0.2) is 18.1 Å². The molecule has 1 aromatic heterocycles. The summed E-state index contributed by atoms with van der Waals surface area (Å²) in [5.74, 6) is -0.0405. The van der Waals surface area contributed by atoms with Gasteiger partial charge in [-0.1, -0.05) is 31.5 Å². The molecule has 0 saturated carbocycles. The molecule has 174 valence electrons. The predicted octanol–water partition coefficient (Wildman–Crippen LogP) is 3.28. The van der Waals surface area contributed by atoms with Crippen LogP contribution in [0.25, 0.3) is 10.9 Å². The fraction of sp³-hybridized carbons (Fsp3) is 0.333. The van der Waals surface area contributed by atoms with E-state index in [0.29, 0.717) is 22.2 Å². The van der Waals surface area contributed by atoms with Crippen LogP contribution in [0.1, 0.15) is 31.4 Å². The largest absolute Gasteiger partial charge is 0.496 e. The number of methoxy groups -OCH3 is 1. The molecule has 1 fully saturated rings. The van der Waals surface area contributed by atoms with Crippen molar-refractivity contribution >= 4 is 32.7 Å². The van der Waals surface area contributed by atoms with Gasteiger partial charge in [0, 0.05) is 10.9 Å². The summed E-state index contributed by atoms with van der Waals surface area (Å²) in [6.45, 7) is 6.12. The molecule has 1 aliphatic heterocycles. The number of carbonyl (C=O) groups is 1. The highest BCUT2D eigenvalue weighted by Gasteiger charge is 2.53. The number of hydrogen-bond donors (Lipinski definition) is 2. The van der Waals surface area contributed by atoms with E-state index in [1.54, 1.807) is 30.3 Å². The molecule has 33 heavy (non-hydrogen) atoms. The monoisotopic (exact) mass is 469 g/mol. The molecule has 3 N–H and O–H groups in total. The van der Waals surface area contributed by atoms with E-state index < -0.39 is 21.5 Å². The number of ether oxygens (including phenoxy) is 2. The van der Waals surface area contributed by atoms with E-state index in [9.17, 15) is 13.2 Å². The zero-order chi connectivity index (χ0) is 24.0. The maximum atomic E-state index is 13.7. The fourth-order valence-electron chi connectivity index (χ4n) is 4.31. The zero-order valence-electron chi connectivity index (χ0n) is 19.0. The van der Waals surface area contributed by atoms with Gasteiger partial charge in [-0.3, -0.25) is 4.79 Å². The second kappa shape index (κ2) is 8.00. The molecule has 4 rings (SSSR count). The third-order valence-corrected chi connectivity index (χ3v) is 7.21. The molecule has 2 aromatic carbocycles. The van der Waals surface area contributed by atoms with Crippen molar-refractivity contribution in [2.24, 2.45) is 5.41 Å². The van der Waals surface area contributed by atoms with E-state index in [1.807, 2.05) is 26.8 Å². The number of aromatic nitrogens is 1. The molecule has 1 aliphatic rings. The van der Waals surface area contributed by atoms with Crippen molar-refractivity contribution in [1.82, 2.24) is 9.71 Å². The van der Waals surface area contributed by atoms with Gasteiger partial charge >= 0.3 is 0 Å². The second-order valence-electron chi connectivity index (χ2n) is 9.15. The van der Waals surface area contributed by atoms with Gasteiger partial charge in [-0.2, -0.15) is 0 Å². The van der Waals surface area contributed by atoms with Gasteiger partial charge in [-0.15, -0.1) is 0 Å². The number of nitrogen functional groups attached to an aromatic ring is 1. The lowest BCUT2D eigenvalue weighted by molar-refractivity contribution is -0.140. The Morgan fingerprint density at radius 1 is 1.18 bits per heavy atom. The molecule has 0 unspecified atom stereocenters. The van der Waals surface area contributed by atoms with Crippen LogP contribution in [0.2, 0.25) is 0 Å². The summed E-state index contributed by atoms with van der Waals surface area (Å²) in [6, 6.07) is 13.2. The molecule has 0 radical (unpaired) electrons. The quantitative estimate of drug-likeness (QED) is 0.588. The van der Waals surface area contributed by atoms with Gasteiger partial charge < -0.3 is 15.2 Å². The van der Waals surface area contributed by atoms with E-state index in [4.69, 9.17) is 15.2 Å². The van der Waals surface area contributed by atoms with Gasteiger partial charge in [0.1, 0.15) is 11.6 Å². The number of rotatable bonds is 5. The van der Waals surface area contributed by atoms with Gasteiger partial charge in [0.15, 0.2) is 5.60 Å². The van der Waals surface area contributed by atoms with Gasteiger partial charge in [0.05, 0.1) is 24.1 Å². The van der Waals surface area contributed by atoms with Crippen molar-refractivity contribution < 1.29 is 22.7 Å². The number of sulfonamides is 1. The standard InChI is InChI=1S/C24H27N3O5S/c1-15-8-10-19(31-4)17(12-15)24(13-23(2,3)14-32-24)22(28)27-33(29,30)20-7-5-6-18-16(20)9-11-21(25)26-18/h5-12H,13-14H2,1-4H3,(H2,25,26)(H,27,28)/t24-/m0/s1. The Hall–Kier alpha value is -3.17. The predicted molar refractivity (Wildman–Crippen MR) is 125 cm³/mol. The second-order valence-corrected chi connectivity index (χ2v) is 10.8. The van der Waals surface area contributed by atoms with Crippen molar-refractivity contribution in [3.05, 3.63) is 59.7 Å². The number of pyridine rings is 1. The number of aryl methyl sites for hydroxylation is 1. The molecular weight excluding hydrogens is 442 g/mol. The first-order chi connectivity index (χ1) is 15.5. The van der Waals surface area contributed by atoms with Crippen LogP contribution >= 0.6 is 0 Å². The molecule has 3 aromatic rings. The molecule has 8 nitrogen and oxygen atoms in total. The summed E-state index contributed by atoms with van der Waals surface area (Å²) in [4.78, 5) is 17.8. The van der Waals surface area contributed by atoms with E-state index in [2.05, 4.69) is 9.71 Å². The molecular formula is C24H27N3O5S. The minimum absolute atomic E-state index is 0.0653. The number of nitrogens with two attached hydrogens (primary N) is 1. The van der Waals surface area contributed by atoms with Crippen LogP contribution in [-0.4, -0.2) is 33.0 Å². The fourth-order valence-corrected chi connectivity index (χ4v) is 5.55. The Kier molecular flexibility index (Phi) is 5.58. The lowest BCUT2D eigenvalue weighted by Crippen LogP contribution is -2.47. The number of nitrogens with zero attached hydrogens (tertiary/aromatic N) is 1. The number of fused-ring (bicyclic) bond motifs is 1. The Morgan fingerprint density at radius 3 is 2.61 bits per heavy atom. The number of nitrogens with one attached hydrogen (secondary N) is 1. The molecule has 0 spiro atoms. The lowest BCUT2D eigenvalue weighted by atomic mass is 9.79.